The molecule has 0 radical (unpaired) electrons. The zero-order valence-corrected chi connectivity index (χ0v) is 24.9. The molecule has 4 nitrogen and oxygen atoms in total. The largest absolute Gasteiger partial charge is 0.394 e. The topological polar surface area (TPSA) is 69.6 Å². The normalized spacial score (nSPS) is 14.5. The summed E-state index contributed by atoms with van der Waals surface area (Å²) in [5.74, 6) is -0.111. The molecule has 0 fully saturated rings. The standard InChI is InChI=1S/C35H57NO3/c1-3-5-7-9-11-13-15-16-17-18-19-20-21-23-25-27-29-31-35(39)36-33(32-37)34(38)30-28-26-24-22-14-12-10-8-6-4-2/h5-8,11,13-14,16-17,19-20,22,28,30,33-34,37-38H,3-4,9-10,12,15,18,21,23-27,29,31-32H2,1-2H3,(H,36,39)/b7-5-,8-6+,13-11-,17-16-,20-19-,22-14+,30-28+. The van der Waals surface area contributed by atoms with Crippen molar-refractivity contribution in [3.8, 4) is 0 Å². The zero-order chi connectivity index (χ0) is 28.7. The summed E-state index contributed by atoms with van der Waals surface area (Å²) >= 11 is 0. The molecule has 0 saturated carbocycles. The molecule has 0 aliphatic carbocycles. The number of hydrogen-bond acceptors (Lipinski definition) is 3. The van der Waals surface area contributed by atoms with Crippen molar-refractivity contribution in [3.05, 3.63) is 85.1 Å². The molecule has 0 aromatic carbocycles. The first-order chi connectivity index (χ1) is 19.2. The first kappa shape index (κ1) is 36.6. The smallest absolute Gasteiger partial charge is 0.220 e. The Labute approximate surface area is 240 Å². The Balaban J connectivity index is 3.83. The van der Waals surface area contributed by atoms with E-state index in [4.69, 9.17) is 0 Å². The maximum atomic E-state index is 12.2. The van der Waals surface area contributed by atoms with Gasteiger partial charge in [0.1, 0.15) is 0 Å². The zero-order valence-electron chi connectivity index (χ0n) is 24.9. The van der Waals surface area contributed by atoms with E-state index in [2.05, 4.69) is 92.1 Å². The summed E-state index contributed by atoms with van der Waals surface area (Å²) in [6, 6.07) is -0.659. The van der Waals surface area contributed by atoms with Crippen molar-refractivity contribution in [1.82, 2.24) is 5.32 Å². The predicted molar refractivity (Wildman–Crippen MR) is 170 cm³/mol. The molecule has 3 N–H and O–H groups in total. The first-order valence-corrected chi connectivity index (χ1v) is 15.3. The average molecular weight is 540 g/mol. The van der Waals surface area contributed by atoms with Crippen LogP contribution in [-0.2, 0) is 4.79 Å². The lowest BCUT2D eigenvalue weighted by molar-refractivity contribution is -0.123. The third-order valence-corrected chi connectivity index (χ3v) is 6.10. The number of amides is 1. The van der Waals surface area contributed by atoms with E-state index in [-0.39, 0.29) is 12.5 Å². The molecule has 1 amide bonds. The van der Waals surface area contributed by atoms with E-state index in [1.165, 1.54) is 0 Å². The number of hydrogen-bond donors (Lipinski definition) is 3. The molecule has 220 valence electrons. The summed E-state index contributed by atoms with van der Waals surface area (Å²) in [5.41, 5.74) is 0. The molecule has 4 heteroatoms. The fourth-order valence-corrected chi connectivity index (χ4v) is 3.79. The Kier molecular flexibility index (Phi) is 28.2. The lowest BCUT2D eigenvalue weighted by Gasteiger charge is -2.19. The number of allylic oxidation sites excluding steroid dienone is 13. The van der Waals surface area contributed by atoms with Crippen molar-refractivity contribution in [2.45, 2.75) is 122 Å². The number of carbonyl (C=O) groups is 1. The second-order valence-electron chi connectivity index (χ2n) is 9.73. The molecule has 0 rings (SSSR count). The molecule has 2 unspecified atom stereocenters. The third kappa shape index (κ3) is 26.9. The molecular formula is C35H57NO3. The number of rotatable bonds is 25. The van der Waals surface area contributed by atoms with Crippen molar-refractivity contribution in [1.29, 1.82) is 0 Å². The second-order valence-corrected chi connectivity index (χ2v) is 9.73. The fraction of sp³-hybridized carbons (Fsp3) is 0.571. The molecule has 0 bridgehead atoms. The average Bonchev–Trinajstić information content (AvgIpc) is 2.94. The molecule has 0 aromatic heterocycles. The highest BCUT2D eigenvalue weighted by molar-refractivity contribution is 5.76. The minimum Gasteiger partial charge on any atom is -0.394 e. The van der Waals surface area contributed by atoms with E-state index in [0.29, 0.717) is 6.42 Å². The van der Waals surface area contributed by atoms with E-state index in [1.54, 1.807) is 6.08 Å². The summed E-state index contributed by atoms with van der Waals surface area (Å²) in [6.45, 7) is 4.00. The lowest BCUT2D eigenvalue weighted by atomic mass is 10.1. The number of nitrogens with one attached hydrogen (secondary N) is 1. The highest BCUT2D eigenvalue weighted by atomic mass is 16.3. The number of unbranched alkanes of at least 4 members (excludes halogenated alkanes) is 6. The fourth-order valence-electron chi connectivity index (χ4n) is 3.79. The maximum absolute atomic E-state index is 12.2. The van der Waals surface area contributed by atoms with E-state index in [9.17, 15) is 15.0 Å². The Bertz CT molecular complexity index is 758. The molecule has 0 heterocycles. The van der Waals surface area contributed by atoms with Gasteiger partial charge in [-0.1, -0.05) is 112 Å². The van der Waals surface area contributed by atoms with Crippen LogP contribution in [0.3, 0.4) is 0 Å². The third-order valence-electron chi connectivity index (χ3n) is 6.10. The summed E-state index contributed by atoms with van der Waals surface area (Å²) < 4.78 is 0. The van der Waals surface area contributed by atoms with Crippen LogP contribution in [0.25, 0.3) is 0 Å². The Morgan fingerprint density at radius 2 is 1.08 bits per heavy atom. The molecule has 0 aliphatic rings. The summed E-state index contributed by atoms with van der Waals surface area (Å²) in [4.78, 5) is 12.2. The van der Waals surface area contributed by atoms with Crippen LogP contribution in [0.1, 0.15) is 110 Å². The van der Waals surface area contributed by atoms with Crippen LogP contribution in [0, 0.1) is 0 Å². The minimum atomic E-state index is -0.881. The Hall–Kier alpha value is -2.43. The maximum Gasteiger partial charge on any atom is 0.220 e. The van der Waals surface area contributed by atoms with Gasteiger partial charge in [0.2, 0.25) is 5.91 Å². The van der Waals surface area contributed by atoms with Gasteiger partial charge < -0.3 is 15.5 Å². The van der Waals surface area contributed by atoms with Crippen LogP contribution in [0.5, 0.6) is 0 Å². The number of aliphatic hydroxyl groups excluding tert-OH is 2. The van der Waals surface area contributed by atoms with Gasteiger partial charge in [0.15, 0.2) is 0 Å². The van der Waals surface area contributed by atoms with E-state index < -0.39 is 12.1 Å². The van der Waals surface area contributed by atoms with E-state index in [1.807, 2.05) is 6.08 Å². The van der Waals surface area contributed by atoms with Crippen molar-refractivity contribution in [3.63, 3.8) is 0 Å². The first-order valence-electron chi connectivity index (χ1n) is 15.3. The Morgan fingerprint density at radius 3 is 1.67 bits per heavy atom. The van der Waals surface area contributed by atoms with Gasteiger partial charge in [-0.3, -0.25) is 4.79 Å². The highest BCUT2D eigenvalue weighted by Gasteiger charge is 2.17. The molecule has 0 saturated heterocycles. The summed E-state index contributed by atoms with van der Waals surface area (Å²) in [6.07, 6.45) is 43.7. The van der Waals surface area contributed by atoms with Gasteiger partial charge in [-0.2, -0.15) is 0 Å². The SMILES string of the molecule is CC/C=C\C/C=C\C/C=C\C/C=C\CCCCCCC(=O)NC(CO)C(O)/C=C/CC/C=C/CC/C=C/CC. The van der Waals surface area contributed by atoms with Crippen LogP contribution in [0.15, 0.2) is 85.1 Å². The van der Waals surface area contributed by atoms with Crippen LogP contribution in [0.2, 0.25) is 0 Å². The number of carbonyl (C=O) groups excluding carboxylic acids is 1. The van der Waals surface area contributed by atoms with Gasteiger partial charge in [0, 0.05) is 6.42 Å². The van der Waals surface area contributed by atoms with Crippen molar-refractivity contribution in [2.24, 2.45) is 0 Å². The van der Waals surface area contributed by atoms with Gasteiger partial charge in [-0.15, -0.1) is 0 Å². The molecule has 0 spiro atoms. The van der Waals surface area contributed by atoms with E-state index >= 15 is 0 Å². The summed E-state index contributed by atoms with van der Waals surface area (Å²) in [5, 5.41) is 22.7. The molecule has 2 atom stereocenters. The van der Waals surface area contributed by atoms with Crippen molar-refractivity contribution < 1.29 is 15.0 Å². The van der Waals surface area contributed by atoms with Crippen molar-refractivity contribution >= 4 is 5.91 Å². The van der Waals surface area contributed by atoms with Gasteiger partial charge in [-0.25, -0.2) is 0 Å². The van der Waals surface area contributed by atoms with Gasteiger partial charge >= 0.3 is 0 Å². The van der Waals surface area contributed by atoms with Gasteiger partial charge in [0.05, 0.1) is 18.8 Å². The van der Waals surface area contributed by atoms with Gasteiger partial charge in [0.25, 0.3) is 0 Å². The number of aliphatic hydroxyl groups is 2. The van der Waals surface area contributed by atoms with Gasteiger partial charge in [-0.05, 0) is 77.0 Å². The van der Waals surface area contributed by atoms with Crippen LogP contribution in [0.4, 0.5) is 0 Å². The van der Waals surface area contributed by atoms with Crippen LogP contribution in [-0.4, -0.2) is 34.9 Å². The van der Waals surface area contributed by atoms with Crippen molar-refractivity contribution in [2.75, 3.05) is 6.61 Å². The van der Waals surface area contributed by atoms with Crippen LogP contribution >= 0.6 is 0 Å². The molecular weight excluding hydrogens is 482 g/mol. The monoisotopic (exact) mass is 539 g/mol. The molecule has 0 aliphatic heterocycles. The van der Waals surface area contributed by atoms with E-state index in [0.717, 1.165) is 89.9 Å². The second kappa shape index (κ2) is 30.1. The minimum absolute atomic E-state index is 0.111. The predicted octanol–water partition coefficient (Wildman–Crippen LogP) is 8.61. The molecule has 39 heavy (non-hydrogen) atoms. The highest BCUT2D eigenvalue weighted by Crippen LogP contribution is 2.07. The lowest BCUT2D eigenvalue weighted by Crippen LogP contribution is -2.45. The molecule has 0 aromatic rings. The summed E-state index contributed by atoms with van der Waals surface area (Å²) in [7, 11) is 0. The Morgan fingerprint density at radius 1 is 0.615 bits per heavy atom. The quantitative estimate of drug-likeness (QED) is 0.0803. The van der Waals surface area contributed by atoms with Crippen LogP contribution < -0.4 is 5.32 Å².